The maximum Gasteiger partial charge on any atom is 0.250 e. The Kier molecular flexibility index (Phi) is 4.21. The number of hydrogen-bond acceptors (Lipinski definition) is 4. The summed E-state index contributed by atoms with van der Waals surface area (Å²) in [6.07, 6.45) is 2.06. The first-order chi connectivity index (χ1) is 9.08. The Morgan fingerprint density at radius 2 is 2.32 bits per heavy atom. The van der Waals surface area contributed by atoms with Gasteiger partial charge in [0.1, 0.15) is 5.82 Å². The maximum absolute atomic E-state index is 13.7. The van der Waals surface area contributed by atoms with Gasteiger partial charge in [-0.05, 0) is 30.9 Å². The number of nitrogens with one attached hydrogen (secondary N) is 1. The summed E-state index contributed by atoms with van der Waals surface area (Å²) in [4.78, 5) is 11.2. The van der Waals surface area contributed by atoms with Crippen molar-refractivity contribution in [1.29, 1.82) is 0 Å². The minimum atomic E-state index is -0.665. The highest BCUT2D eigenvalue weighted by molar-refractivity contribution is 5.99. The fourth-order valence-electron chi connectivity index (χ4n) is 2.16. The first kappa shape index (κ1) is 13.6. The molecule has 1 saturated heterocycles. The summed E-state index contributed by atoms with van der Waals surface area (Å²) in [6, 6.07) is 2.47. The second-order valence-corrected chi connectivity index (χ2v) is 4.75. The van der Waals surface area contributed by atoms with Gasteiger partial charge in [-0.15, -0.1) is 0 Å². The lowest BCUT2D eigenvalue weighted by Gasteiger charge is -2.23. The molecule has 1 fully saturated rings. The second kappa shape index (κ2) is 5.88. The number of rotatable bonds is 4. The van der Waals surface area contributed by atoms with Crippen molar-refractivity contribution in [2.24, 2.45) is 11.7 Å². The summed E-state index contributed by atoms with van der Waals surface area (Å²) >= 11 is 0. The Labute approximate surface area is 111 Å². The van der Waals surface area contributed by atoms with E-state index in [0.717, 1.165) is 25.5 Å². The van der Waals surface area contributed by atoms with Crippen molar-refractivity contribution in [2.45, 2.75) is 12.8 Å². The van der Waals surface area contributed by atoms with Crippen LogP contribution < -0.4 is 16.8 Å². The summed E-state index contributed by atoms with van der Waals surface area (Å²) < 4.78 is 19.1. The predicted molar refractivity (Wildman–Crippen MR) is 71.4 cm³/mol. The van der Waals surface area contributed by atoms with Crippen LogP contribution in [0.2, 0.25) is 0 Å². The summed E-state index contributed by atoms with van der Waals surface area (Å²) in [6.45, 7) is 2.06. The molecule has 1 aliphatic rings. The van der Waals surface area contributed by atoms with Crippen LogP contribution in [0.5, 0.6) is 0 Å². The van der Waals surface area contributed by atoms with Crippen LogP contribution in [-0.2, 0) is 4.74 Å². The molecule has 19 heavy (non-hydrogen) atoms. The van der Waals surface area contributed by atoms with Gasteiger partial charge in [0.25, 0.3) is 5.91 Å². The van der Waals surface area contributed by atoms with Crippen LogP contribution in [0, 0.1) is 11.7 Å². The Balaban J connectivity index is 2.06. The molecule has 6 heteroatoms. The van der Waals surface area contributed by atoms with Crippen LogP contribution >= 0.6 is 0 Å². The average molecular weight is 267 g/mol. The van der Waals surface area contributed by atoms with Gasteiger partial charge in [-0.2, -0.15) is 0 Å². The van der Waals surface area contributed by atoms with Gasteiger partial charge in [0, 0.05) is 18.8 Å². The third kappa shape index (κ3) is 3.35. The number of carbonyl (C=O) groups excluding carboxylic acids is 1. The molecular formula is C13H18FN3O2. The van der Waals surface area contributed by atoms with Crippen LogP contribution in [0.15, 0.2) is 12.1 Å². The molecule has 1 aromatic rings. The first-order valence-electron chi connectivity index (χ1n) is 6.28. The number of hydrogen-bond donors (Lipinski definition) is 3. The van der Waals surface area contributed by atoms with Gasteiger partial charge in [0.15, 0.2) is 0 Å². The van der Waals surface area contributed by atoms with E-state index in [9.17, 15) is 9.18 Å². The molecule has 5 nitrogen and oxygen atoms in total. The highest BCUT2D eigenvalue weighted by Gasteiger charge is 2.16. The van der Waals surface area contributed by atoms with Crippen LogP contribution in [0.3, 0.4) is 0 Å². The highest BCUT2D eigenvalue weighted by atomic mass is 19.1. The van der Waals surface area contributed by atoms with Gasteiger partial charge in [0.2, 0.25) is 0 Å². The molecule has 1 unspecified atom stereocenters. The number of amides is 1. The number of carbonyl (C=O) groups is 1. The minimum Gasteiger partial charge on any atom is -0.398 e. The zero-order valence-electron chi connectivity index (χ0n) is 10.6. The molecule has 1 heterocycles. The third-order valence-corrected chi connectivity index (χ3v) is 3.24. The van der Waals surface area contributed by atoms with Gasteiger partial charge in [0.05, 0.1) is 17.9 Å². The molecule has 0 aromatic heterocycles. The van der Waals surface area contributed by atoms with Crippen molar-refractivity contribution in [3.8, 4) is 0 Å². The van der Waals surface area contributed by atoms with Gasteiger partial charge in [-0.3, -0.25) is 4.79 Å². The smallest absolute Gasteiger partial charge is 0.250 e. The van der Waals surface area contributed by atoms with Crippen LogP contribution in [0.25, 0.3) is 0 Å². The highest BCUT2D eigenvalue weighted by Crippen LogP contribution is 2.23. The van der Waals surface area contributed by atoms with E-state index < -0.39 is 11.7 Å². The Hall–Kier alpha value is -1.82. The van der Waals surface area contributed by atoms with Crippen LogP contribution in [-0.4, -0.2) is 25.7 Å². The van der Waals surface area contributed by atoms with Gasteiger partial charge < -0.3 is 21.5 Å². The molecule has 0 aliphatic carbocycles. The lowest BCUT2D eigenvalue weighted by Crippen LogP contribution is -2.25. The molecule has 1 aromatic carbocycles. The third-order valence-electron chi connectivity index (χ3n) is 3.24. The molecule has 0 bridgehead atoms. The van der Waals surface area contributed by atoms with Crippen molar-refractivity contribution in [1.82, 2.24) is 0 Å². The fourth-order valence-corrected chi connectivity index (χ4v) is 2.16. The largest absolute Gasteiger partial charge is 0.398 e. The predicted octanol–water partition coefficient (Wildman–Crippen LogP) is 1.35. The molecule has 1 atom stereocenters. The first-order valence-corrected chi connectivity index (χ1v) is 6.28. The quantitative estimate of drug-likeness (QED) is 0.718. The second-order valence-electron chi connectivity index (χ2n) is 4.75. The summed E-state index contributed by atoms with van der Waals surface area (Å²) in [5.41, 5.74) is 11.1. The Morgan fingerprint density at radius 1 is 1.53 bits per heavy atom. The molecule has 0 saturated carbocycles. The maximum atomic E-state index is 13.7. The van der Waals surface area contributed by atoms with Crippen molar-refractivity contribution >= 4 is 17.3 Å². The van der Waals surface area contributed by atoms with E-state index in [-0.39, 0.29) is 16.9 Å². The van der Waals surface area contributed by atoms with E-state index in [1.807, 2.05) is 0 Å². The monoisotopic (exact) mass is 267 g/mol. The molecular weight excluding hydrogens is 249 g/mol. The number of halogens is 1. The lowest BCUT2D eigenvalue weighted by molar-refractivity contribution is 0.0595. The average Bonchev–Trinajstić information content (AvgIpc) is 2.38. The van der Waals surface area contributed by atoms with E-state index >= 15 is 0 Å². The zero-order valence-corrected chi connectivity index (χ0v) is 10.6. The SMILES string of the molecule is NC(=O)c1cc(NCC2CCCOC2)c(F)cc1N. The number of benzene rings is 1. The number of ether oxygens (including phenoxy) is 1. The van der Waals surface area contributed by atoms with Crippen molar-refractivity contribution in [3.05, 3.63) is 23.5 Å². The van der Waals surface area contributed by atoms with Gasteiger partial charge in [-0.1, -0.05) is 0 Å². The Bertz CT molecular complexity index is 473. The van der Waals surface area contributed by atoms with E-state index in [4.69, 9.17) is 16.2 Å². The fraction of sp³-hybridized carbons (Fsp3) is 0.462. The normalized spacial score (nSPS) is 19.1. The minimum absolute atomic E-state index is 0.0524. The molecule has 0 radical (unpaired) electrons. The number of anilines is 2. The summed E-state index contributed by atoms with van der Waals surface area (Å²) in [5.74, 6) is -0.802. The molecule has 1 amide bonds. The molecule has 5 N–H and O–H groups in total. The van der Waals surface area contributed by atoms with E-state index in [1.165, 1.54) is 6.07 Å². The number of nitrogen functional groups attached to an aromatic ring is 1. The van der Waals surface area contributed by atoms with Crippen LogP contribution in [0.4, 0.5) is 15.8 Å². The van der Waals surface area contributed by atoms with Crippen molar-refractivity contribution < 1.29 is 13.9 Å². The topological polar surface area (TPSA) is 90.4 Å². The van der Waals surface area contributed by atoms with Gasteiger partial charge >= 0.3 is 0 Å². The lowest BCUT2D eigenvalue weighted by atomic mass is 10.0. The van der Waals surface area contributed by atoms with Crippen molar-refractivity contribution in [2.75, 3.05) is 30.8 Å². The zero-order chi connectivity index (χ0) is 13.8. The van der Waals surface area contributed by atoms with E-state index in [1.54, 1.807) is 0 Å². The summed E-state index contributed by atoms with van der Waals surface area (Å²) in [5, 5.41) is 2.99. The Morgan fingerprint density at radius 3 is 2.95 bits per heavy atom. The van der Waals surface area contributed by atoms with Crippen molar-refractivity contribution in [3.63, 3.8) is 0 Å². The molecule has 104 valence electrons. The number of primary amides is 1. The van der Waals surface area contributed by atoms with E-state index in [2.05, 4.69) is 5.32 Å². The molecule has 2 rings (SSSR count). The summed E-state index contributed by atoms with van der Waals surface area (Å²) in [7, 11) is 0. The van der Waals surface area contributed by atoms with Crippen LogP contribution in [0.1, 0.15) is 23.2 Å². The molecule has 1 aliphatic heterocycles. The van der Waals surface area contributed by atoms with E-state index in [0.29, 0.717) is 19.1 Å². The number of nitrogens with two attached hydrogens (primary N) is 2. The molecule has 0 spiro atoms. The van der Waals surface area contributed by atoms with Gasteiger partial charge in [-0.25, -0.2) is 4.39 Å². The standard InChI is InChI=1S/C13H18FN3O2/c14-10-5-11(15)9(13(16)18)4-12(10)17-6-8-2-1-3-19-7-8/h4-5,8,17H,1-3,6-7,15H2,(H2,16,18).